The second kappa shape index (κ2) is 14.8. The van der Waals surface area contributed by atoms with Crippen molar-refractivity contribution in [2.75, 3.05) is 64.3 Å². The summed E-state index contributed by atoms with van der Waals surface area (Å²) in [6.45, 7) is 10.7. The van der Waals surface area contributed by atoms with E-state index in [2.05, 4.69) is 65.6 Å². The third-order valence-corrected chi connectivity index (χ3v) is 10.3. The van der Waals surface area contributed by atoms with E-state index in [1.54, 1.807) is 17.8 Å². The lowest BCUT2D eigenvalue weighted by Gasteiger charge is -2.41. The summed E-state index contributed by atoms with van der Waals surface area (Å²) in [6.07, 6.45) is 3.35. The average molecular weight is 622 g/mol. The van der Waals surface area contributed by atoms with Gasteiger partial charge in [-0.25, -0.2) is 0 Å². The fourth-order valence-corrected chi connectivity index (χ4v) is 7.39. The van der Waals surface area contributed by atoms with Crippen LogP contribution in [-0.2, 0) is 9.59 Å². The second-order valence-corrected chi connectivity index (χ2v) is 14.1. The lowest BCUT2D eigenvalue weighted by atomic mass is 9.90. The van der Waals surface area contributed by atoms with E-state index < -0.39 is 10.9 Å². The van der Waals surface area contributed by atoms with Gasteiger partial charge in [-0.05, 0) is 44.1 Å². The number of hydrogen-bond donors (Lipinski definition) is 2. The summed E-state index contributed by atoms with van der Waals surface area (Å²) >= 11 is 1.55. The first-order valence-electron chi connectivity index (χ1n) is 16.0. The molecule has 0 saturated carbocycles. The van der Waals surface area contributed by atoms with E-state index in [0.717, 1.165) is 51.0 Å². The van der Waals surface area contributed by atoms with Crippen LogP contribution in [0.1, 0.15) is 60.8 Å². The number of piperazine rings is 1. The van der Waals surface area contributed by atoms with Crippen LogP contribution in [-0.4, -0.2) is 98.2 Å². The number of nitrogens with one attached hydrogen (secondary N) is 2. The molecule has 238 valence electrons. The Kier molecular flexibility index (Phi) is 10.9. The average Bonchev–Trinajstić information content (AvgIpc) is 3.16. The molecular formula is C34H47N5O4S. The largest absolute Gasteiger partial charge is 0.484 e. The molecular weight excluding hydrogens is 574 g/mol. The first kappa shape index (κ1) is 32.3. The van der Waals surface area contributed by atoms with Gasteiger partial charge in [-0.1, -0.05) is 44.2 Å². The van der Waals surface area contributed by atoms with Gasteiger partial charge in [-0.15, -0.1) is 11.8 Å². The molecule has 0 radical (unpaired) electrons. The molecule has 3 aliphatic heterocycles. The van der Waals surface area contributed by atoms with Crippen molar-refractivity contribution in [3.63, 3.8) is 0 Å². The second-order valence-electron chi connectivity index (χ2n) is 12.7. The molecule has 2 unspecified atom stereocenters. The molecule has 1 spiro atoms. The van der Waals surface area contributed by atoms with E-state index >= 15 is 0 Å². The van der Waals surface area contributed by atoms with Crippen molar-refractivity contribution in [3.8, 4) is 5.75 Å². The highest BCUT2D eigenvalue weighted by atomic mass is 32.2. The number of ether oxygens (including phenoxy) is 1. The first-order chi connectivity index (χ1) is 21.3. The van der Waals surface area contributed by atoms with E-state index in [9.17, 15) is 14.4 Å². The van der Waals surface area contributed by atoms with Crippen molar-refractivity contribution in [2.24, 2.45) is 5.92 Å². The number of piperidine rings is 1. The summed E-state index contributed by atoms with van der Waals surface area (Å²) < 4.78 is 6.41. The van der Waals surface area contributed by atoms with Gasteiger partial charge in [0.1, 0.15) is 17.6 Å². The summed E-state index contributed by atoms with van der Waals surface area (Å²) in [4.78, 5) is 45.2. The Labute approximate surface area is 266 Å². The molecule has 3 heterocycles. The molecule has 0 aliphatic carbocycles. The molecule has 44 heavy (non-hydrogen) atoms. The Bertz CT molecular complexity index is 1290. The molecule has 0 bridgehead atoms. The monoisotopic (exact) mass is 621 g/mol. The molecule has 2 aromatic carbocycles. The van der Waals surface area contributed by atoms with Gasteiger partial charge in [0.15, 0.2) is 0 Å². The van der Waals surface area contributed by atoms with Gasteiger partial charge in [0, 0.05) is 69.8 Å². The number of thioether (sulfide) groups is 1. The Hall–Kier alpha value is -3.08. The highest BCUT2D eigenvalue weighted by molar-refractivity contribution is 8.00. The van der Waals surface area contributed by atoms with Gasteiger partial charge in [-0.3, -0.25) is 9.59 Å². The lowest BCUT2D eigenvalue weighted by molar-refractivity contribution is -0.135. The summed E-state index contributed by atoms with van der Waals surface area (Å²) in [5, 5.41) is 6.14. The minimum atomic E-state index is -0.545. The third-order valence-electron chi connectivity index (χ3n) is 9.01. The van der Waals surface area contributed by atoms with Crippen molar-refractivity contribution < 1.29 is 19.1 Å². The van der Waals surface area contributed by atoms with Crippen molar-refractivity contribution in [1.82, 2.24) is 20.4 Å². The Balaban J connectivity index is 1.24. The molecule has 2 N–H and O–H groups in total. The van der Waals surface area contributed by atoms with Gasteiger partial charge < -0.3 is 34.9 Å². The fourth-order valence-electron chi connectivity index (χ4n) is 6.17. The molecule has 0 aromatic heterocycles. The molecule has 2 fully saturated rings. The molecule has 2 atom stereocenters. The maximum absolute atomic E-state index is 13.5. The van der Waals surface area contributed by atoms with E-state index in [0.29, 0.717) is 49.7 Å². The maximum atomic E-state index is 13.5. The number of likely N-dealkylation sites (N-methyl/N-ethyl adjacent to an activating group) is 1. The highest BCUT2D eigenvalue weighted by Crippen LogP contribution is 2.38. The lowest BCUT2D eigenvalue weighted by Crippen LogP contribution is -2.54. The van der Waals surface area contributed by atoms with Gasteiger partial charge in [0.05, 0.1) is 22.7 Å². The predicted octanol–water partition coefficient (Wildman–Crippen LogP) is 3.95. The van der Waals surface area contributed by atoms with Crippen LogP contribution in [0.15, 0.2) is 48.5 Å². The third kappa shape index (κ3) is 7.95. The molecule has 2 amide bonds. The zero-order valence-corrected chi connectivity index (χ0v) is 27.1. The van der Waals surface area contributed by atoms with Crippen molar-refractivity contribution >= 4 is 35.5 Å². The molecule has 5 rings (SSSR count). The van der Waals surface area contributed by atoms with Gasteiger partial charge >= 0.3 is 0 Å². The number of aldehydes is 1. The van der Waals surface area contributed by atoms with Crippen LogP contribution in [0.5, 0.6) is 5.75 Å². The van der Waals surface area contributed by atoms with E-state index in [1.807, 2.05) is 23.1 Å². The molecule has 9 nitrogen and oxygen atoms in total. The normalized spacial score (nSPS) is 20.0. The summed E-state index contributed by atoms with van der Waals surface area (Å²) in [5.41, 5.74) is 2.36. The maximum Gasteiger partial charge on any atom is 0.255 e. The number of likely N-dealkylation sites (tertiary alicyclic amines) is 1. The summed E-state index contributed by atoms with van der Waals surface area (Å²) in [7, 11) is 2.16. The number of para-hydroxylation sites is 2. The topological polar surface area (TPSA) is 94.2 Å². The van der Waals surface area contributed by atoms with Gasteiger partial charge in [0.2, 0.25) is 5.91 Å². The number of carbonyl (C=O) groups excluding carboxylic acids is 3. The zero-order valence-electron chi connectivity index (χ0n) is 26.3. The van der Waals surface area contributed by atoms with Gasteiger partial charge in [0.25, 0.3) is 5.91 Å². The van der Waals surface area contributed by atoms with Crippen LogP contribution in [0, 0.1) is 5.92 Å². The first-order valence-corrected chi connectivity index (χ1v) is 16.9. The number of fused-ring (bicyclic) bond motifs is 1. The zero-order chi connectivity index (χ0) is 31.1. The smallest absolute Gasteiger partial charge is 0.255 e. The molecule has 2 aromatic rings. The predicted molar refractivity (Wildman–Crippen MR) is 176 cm³/mol. The standard InChI is InChI=1S/C34H47N5O4S/c1-25(2)12-15-35-33(27-8-4-6-10-29(27)38-20-18-37(3)19-21-38)44-26(23-40)22-31(41)39-16-13-34(14-17-39)24-36-32(42)28-9-5-7-11-30(28)43-34/h4-11,23,25-26,33,35H,12-22,24H2,1-3H3,(H,36,42). The van der Waals surface area contributed by atoms with E-state index in [4.69, 9.17) is 4.74 Å². The van der Waals surface area contributed by atoms with Crippen molar-refractivity contribution in [2.45, 2.75) is 55.8 Å². The minimum Gasteiger partial charge on any atom is -0.484 e. The van der Waals surface area contributed by atoms with Crippen LogP contribution in [0.2, 0.25) is 0 Å². The van der Waals surface area contributed by atoms with Crippen LogP contribution >= 0.6 is 11.8 Å². The quantitative estimate of drug-likeness (QED) is 0.288. The molecule has 2 saturated heterocycles. The van der Waals surface area contributed by atoms with Crippen molar-refractivity contribution in [1.29, 1.82) is 0 Å². The molecule has 3 aliphatic rings. The number of carbonyl (C=O) groups is 3. The number of benzene rings is 2. The van der Waals surface area contributed by atoms with Crippen LogP contribution in [0.4, 0.5) is 5.69 Å². The van der Waals surface area contributed by atoms with Crippen LogP contribution in [0.3, 0.4) is 0 Å². The Morgan fingerprint density at radius 3 is 2.48 bits per heavy atom. The van der Waals surface area contributed by atoms with E-state index in [1.165, 1.54) is 5.69 Å². The minimum absolute atomic E-state index is 0.0178. The number of amides is 2. The number of nitrogens with zero attached hydrogens (tertiary/aromatic N) is 3. The highest BCUT2D eigenvalue weighted by Gasteiger charge is 2.41. The van der Waals surface area contributed by atoms with E-state index in [-0.39, 0.29) is 23.6 Å². The number of anilines is 1. The number of hydrogen-bond acceptors (Lipinski definition) is 8. The molecule has 10 heteroatoms. The van der Waals surface area contributed by atoms with Crippen molar-refractivity contribution in [3.05, 3.63) is 59.7 Å². The summed E-state index contributed by atoms with van der Waals surface area (Å²) in [6, 6.07) is 15.8. The SMILES string of the molecule is CC(C)CCNC(SC(C=O)CC(=O)N1CCC2(CC1)CNC(=O)c1ccccc1O2)c1ccccc1N1CCN(C)CC1. The fraction of sp³-hybridized carbons (Fsp3) is 0.559. The summed E-state index contributed by atoms with van der Waals surface area (Å²) in [5.74, 6) is 1.00. The Morgan fingerprint density at radius 2 is 1.75 bits per heavy atom. The number of rotatable bonds is 11. The Morgan fingerprint density at radius 1 is 1.05 bits per heavy atom. The van der Waals surface area contributed by atoms with Gasteiger partial charge in [-0.2, -0.15) is 0 Å². The van der Waals surface area contributed by atoms with Crippen LogP contribution in [0.25, 0.3) is 0 Å². The van der Waals surface area contributed by atoms with Crippen LogP contribution < -0.4 is 20.3 Å².